The first-order valence-electron chi connectivity index (χ1n) is 7.08. The topological polar surface area (TPSA) is 37.4 Å². The number of hydrogen-bond donors (Lipinski definition) is 1. The van der Waals surface area contributed by atoms with Crippen molar-refractivity contribution in [3.63, 3.8) is 0 Å². The Hall–Kier alpha value is -2.07. The summed E-state index contributed by atoms with van der Waals surface area (Å²) in [5.74, 6) is 0.886. The molecule has 1 aromatic carbocycles. The molecule has 0 aliphatic heterocycles. The molecule has 21 heavy (non-hydrogen) atoms. The normalized spacial score (nSPS) is 10.5. The standard InChI is InChI=1S/C17H23N3O/c1-13-9-17(15(10-18-2)11-19-13)20(3)12-14-5-7-16(21-4)8-6-14/h5-9,11,18H,10,12H2,1-4H3. The molecule has 0 radical (unpaired) electrons. The Morgan fingerprint density at radius 2 is 1.95 bits per heavy atom. The van der Waals surface area contributed by atoms with Gasteiger partial charge in [0.15, 0.2) is 0 Å². The lowest BCUT2D eigenvalue weighted by Gasteiger charge is -2.23. The summed E-state index contributed by atoms with van der Waals surface area (Å²) in [6.07, 6.45) is 1.95. The van der Waals surface area contributed by atoms with E-state index in [1.54, 1.807) is 7.11 Å². The average Bonchev–Trinajstić information content (AvgIpc) is 2.50. The molecule has 4 nitrogen and oxygen atoms in total. The van der Waals surface area contributed by atoms with Gasteiger partial charge in [-0.05, 0) is 37.7 Å². The van der Waals surface area contributed by atoms with Gasteiger partial charge in [0.1, 0.15) is 5.75 Å². The van der Waals surface area contributed by atoms with Crippen LogP contribution in [-0.2, 0) is 13.1 Å². The Balaban J connectivity index is 2.18. The Bertz CT molecular complexity index is 581. The molecule has 0 atom stereocenters. The van der Waals surface area contributed by atoms with Gasteiger partial charge in [-0.25, -0.2) is 0 Å². The van der Waals surface area contributed by atoms with Crippen molar-refractivity contribution in [2.75, 3.05) is 26.1 Å². The van der Waals surface area contributed by atoms with Crippen LogP contribution in [0.2, 0.25) is 0 Å². The van der Waals surface area contributed by atoms with Gasteiger partial charge >= 0.3 is 0 Å². The molecule has 4 heteroatoms. The molecule has 0 aliphatic rings. The van der Waals surface area contributed by atoms with Crippen LogP contribution in [-0.4, -0.2) is 26.2 Å². The van der Waals surface area contributed by atoms with Crippen LogP contribution in [0.1, 0.15) is 16.8 Å². The number of ether oxygens (including phenoxy) is 1. The van der Waals surface area contributed by atoms with Crippen molar-refractivity contribution < 1.29 is 4.74 Å². The fraction of sp³-hybridized carbons (Fsp3) is 0.353. The van der Waals surface area contributed by atoms with E-state index < -0.39 is 0 Å². The van der Waals surface area contributed by atoms with E-state index in [1.807, 2.05) is 32.3 Å². The second-order valence-corrected chi connectivity index (χ2v) is 5.19. The number of aromatic nitrogens is 1. The third-order valence-corrected chi connectivity index (χ3v) is 3.46. The number of nitrogens with zero attached hydrogens (tertiary/aromatic N) is 2. The van der Waals surface area contributed by atoms with Gasteiger partial charge in [0, 0.05) is 43.3 Å². The quantitative estimate of drug-likeness (QED) is 0.885. The van der Waals surface area contributed by atoms with Crippen LogP contribution in [0.4, 0.5) is 5.69 Å². The van der Waals surface area contributed by atoms with Gasteiger partial charge in [0.2, 0.25) is 0 Å². The molecule has 1 N–H and O–H groups in total. The average molecular weight is 285 g/mol. The van der Waals surface area contributed by atoms with Gasteiger partial charge in [-0.3, -0.25) is 4.98 Å². The molecule has 2 aromatic rings. The first kappa shape index (κ1) is 15.3. The Morgan fingerprint density at radius 3 is 2.57 bits per heavy atom. The summed E-state index contributed by atoms with van der Waals surface area (Å²) in [5.41, 5.74) is 4.71. The van der Waals surface area contributed by atoms with E-state index in [9.17, 15) is 0 Å². The van der Waals surface area contributed by atoms with E-state index in [-0.39, 0.29) is 0 Å². The number of rotatable bonds is 6. The SMILES string of the molecule is CNCc1cnc(C)cc1N(C)Cc1ccc(OC)cc1. The number of methoxy groups -OCH3 is 1. The van der Waals surface area contributed by atoms with Gasteiger partial charge in [0.05, 0.1) is 7.11 Å². The van der Waals surface area contributed by atoms with Crippen LogP contribution in [0.25, 0.3) is 0 Å². The maximum atomic E-state index is 5.20. The molecule has 0 fully saturated rings. The van der Waals surface area contributed by atoms with Crippen molar-refractivity contribution in [1.29, 1.82) is 0 Å². The van der Waals surface area contributed by atoms with Crippen LogP contribution < -0.4 is 15.0 Å². The number of pyridine rings is 1. The highest BCUT2D eigenvalue weighted by molar-refractivity contribution is 5.53. The van der Waals surface area contributed by atoms with Gasteiger partial charge in [-0.1, -0.05) is 12.1 Å². The summed E-state index contributed by atoms with van der Waals surface area (Å²) in [5, 5.41) is 3.19. The highest BCUT2D eigenvalue weighted by atomic mass is 16.5. The highest BCUT2D eigenvalue weighted by Gasteiger charge is 2.09. The molecular formula is C17H23N3O. The summed E-state index contributed by atoms with van der Waals surface area (Å²) >= 11 is 0. The van der Waals surface area contributed by atoms with Gasteiger partial charge in [0.25, 0.3) is 0 Å². The molecule has 1 aromatic heterocycles. The van der Waals surface area contributed by atoms with Gasteiger partial charge in [-0.2, -0.15) is 0 Å². The molecule has 0 saturated heterocycles. The second kappa shape index (κ2) is 7.09. The predicted octanol–water partition coefficient (Wildman–Crippen LogP) is 2.75. The van der Waals surface area contributed by atoms with E-state index >= 15 is 0 Å². The monoisotopic (exact) mass is 285 g/mol. The summed E-state index contributed by atoms with van der Waals surface area (Å²) in [6, 6.07) is 10.3. The Morgan fingerprint density at radius 1 is 1.24 bits per heavy atom. The smallest absolute Gasteiger partial charge is 0.118 e. The van der Waals surface area contributed by atoms with E-state index in [1.165, 1.54) is 16.8 Å². The summed E-state index contributed by atoms with van der Waals surface area (Å²) in [6.45, 7) is 3.69. The zero-order chi connectivity index (χ0) is 15.2. The first-order chi connectivity index (χ1) is 10.1. The molecule has 1 heterocycles. The van der Waals surface area contributed by atoms with Crippen molar-refractivity contribution in [2.24, 2.45) is 0 Å². The molecule has 2 rings (SSSR count). The van der Waals surface area contributed by atoms with Gasteiger partial charge in [-0.15, -0.1) is 0 Å². The number of nitrogens with one attached hydrogen (secondary N) is 1. The summed E-state index contributed by atoms with van der Waals surface area (Å²) in [4.78, 5) is 6.64. The largest absolute Gasteiger partial charge is 0.497 e. The lowest BCUT2D eigenvalue weighted by molar-refractivity contribution is 0.414. The molecule has 0 spiro atoms. The zero-order valence-electron chi connectivity index (χ0n) is 13.2. The summed E-state index contributed by atoms with van der Waals surface area (Å²) < 4.78 is 5.20. The summed E-state index contributed by atoms with van der Waals surface area (Å²) in [7, 11) is 5.75. The molecule has 0 aliphatic carbocycles. The van der Waals surface area contributed by atoms with Crippen LogP contribution in [0.5, 0.6) is 5.75 Å². The van der Waals surface area contributed by atoms with Crippen LogP contribution in [0.3, 0.4) is 0 Å². The minimum atomic E-state index is 0.815. The molecular weight excluding hydrogens is 262 g/mol. The number of hydrogen-bond acceptors (Lipinski definition) is 4. The van der Waals surface area contributed by atoms with E-state index in [4.69, 9.17) is 4.74 Å². The maximum Gasteiger partial charge on any atom is 0.118 e. The third-order valence-electron chi connectivity index (χ3n) is 3.46. The molecule has 0 unspecified atom stereocenters. The molecule has 0 amide bonds. The van der Waals surface area contributed by atoms with Crippen LogP contribution in [0.15, 0.2) is 36.5 Å². The molecule has 0 bridgehead atoms. The van der Waals surface area contributed by atoms with E-state index in [0.29, 0.717) is 0 Å². The number of aryl methyl sites for hydroxylation is 1. The molecule has 0 saturated carbocycles. The fourth-order valence-electron chi connectivity index (χ4n) is 2.35. The van der Waals surface area contributed by atoms with Crippen molar-refractivity contribution in [2.45, 2.75) is 20.0 Å². The maximum absolute atomic E-state index is 5.20. The fourth-order valence-corrected chi connectivity index (χ4v) is 2.35. The van der Waals surface area contributed by atoms with Crippen molar-refractivity contribution in [3.05, 3.63) is 53.3 Å². The molecule has 112 valence electrons. The third kappa shape index (κ3) is 3.95. The number of anilines is 1. The lowest BCUT2D eigenvalue weighted by Crippen LogP contribution is -2.20. The predicted molar refractivity (Wildman–Crippen MR) is 86.8 cm³/mol. The van der Waals surface area contributed by atoms with Crippen LogP contribution >= 0.6 is 0 Å². The second-order valence-electron chi connectivity index (χ2n) is 5.19. The van der Waals surface area contributed by atoms with Crippen molar-refractivity contribution in [3.8, 4) is 5.75 Å². The van der Waals surface area contributed by atoms with Gasteiger partial charge < -0.3 is 15.0 Å². The van der Waals surface area contributed by atoms with Crippen molar-refractivity contribution in [1.82, 2.24) is 10.3 Å². The minimum absolute atomic E-state index is 0.815. The zero-order valence-corrected chi connectivity index (χ0v) is 13.2. The highest BCUT2D eigenvalue weighted by Crippen LogP contribution is 2.22. The Kier molecular flexibility index (Phi) is 5.17. The lowest BCUT2D eigenvalue weighted by atomic mass is 10.1. The number of benzene rings is 1. The van der Waals surface area contributed by atoms with E-state index in [2.05, 4.69) is 40.4 Å². The van der Waals surface area contributed by atoms with Crippen LogP contribution in [0, 0.1) is 6.92 Å². The Labute approximate surface area is 126 Å². The first-order valence-corrected chi connectivity index (χ1v) is 7.08. The van der Waals surface area contributed by atoms with E-state index in [0.717, 1.165) is 24.5 Å². The minimum Gasteiger partial charge on any atom is -0.497 e. The van der Waals surface area contributed by atoms with Crippen molar-refractivity contribution >= 4 is 5.69 Å².